The molecule has 0 fully saturated rings. The summed E-state index contributed by atoms with van der Waals surface area (Å²) < 4.78 is 0.987. The number of nitrogens with zero attached hydrogens (tertiary/aromatic N) is 1. The molecule has 0 spiro atoms. The number of aryl methyl sites for hydroxylation is 1. The molecule has 168 valence electrons. The fourth-order valence-electron chi connectivity index (χ4n) is 3.80. The third kappa shape index (κ3) is 6.42. The molecule has 0 bridgehead atoms. The second-order valence-corrected chi connectivity index (χ2v) is 9.02. The van der Waals surface area contributed by atoms with E-state index in [1.54, 1.807) is 4.90 Å². The first-order valence-electron chi connectivity index (χ1n) is 11.3. The molecular weight excluding hydrogens is 464 g/mol. The van der Waals surface area contributed by atoms with Gasteiger partial charge in [0.05, 0.1) is 0 Å². The van der Waals surface area contributed by atoms with Crippen molar-refractivity contribution in [3.8, 4) is 0 Å². The maximum absolute atomic E-state index is 13.3. The Hall–Kier alpha value is -2.66. The van der Waals surface area contributed by atoms with Crippen LogP contribution < -0.4 is 5.32 Å². The fourth-order valence-corrected chi connectivity index (χ4v) is 4.07. The van der Waals surface area contributed by atoms with E-state index in [1.165, 1.54) is 10.8 Å². The summed E-state index contributed by atoms with van der Waals surface area (Å²) in [6, 6.07) is 21.8. The smallest absolute Gasteiger partial charge is 0.242 e. The van der Waals surface area contributed by atoms with E-state index in [4.69, 9.17) is 0 Å². The lowest BCUT2D eigenvalue weighted by atomic mass is 10.0. The summed E-state index contributed by atoms with van der Waals surface area (Å²) in [7, 11) is 0. The van der Waals surface area contributed by atoms with E-state index in [1.807, 2.05) is 49.4 Å². The third-order valence-corrected chi connectivity index (χ3v) is 6.28. The second kappa shape index (κ2) is 11.8. The van der Waals surface area contributed by atoms with Gasteiger partial charge in [-0.1, -0.05) is 83.9 Å². The maximum atomic E-state index is 13.3. The Balaban J connectivity index is 1.75. The number of hydrogen-bond donors (Lipinski definition) is 1. The van der Waals surface area contributed by atoms with Gasteiger partial charge in [-0.15, -0.1) is 0 Å². The molecule has 0 saturated heterocycles. The summed E-state index contributed by atoms with van der Waals surface area (Å²) in [5.74, 6) is -0.118. The molecule has 0 aliphatic carbocycles. The van der Waals surface area contributed by atoms with Crippen molar-refractivity contribution < 1.29 is 9.59 Å². The molecule has 3 rings (SSSR count). The Morgan fingerprint density at radius 3 is 2.47 bits per heavy atom. The molecule has 0 aliphatic heterocycles. The first kappa shape index (κ1) is 24.0. The van der Waals surface area contributed by atoms with Crippen LogP contribution in [0.4, 0.5) is 0 Å². The largest absolute Gasteiger partial charge is 0.354 e. The molecule has 2 amide bonds. The average Bonchev–Trinajstić information content (AvgIpc) is 2.81. The van der Waals surface area contributed by atoms with Gasteiger partial charge in [0.25, 0.3) is 0 Å². The molecule has 0 aliphatic rings. The highest BCUT2D eigenvalue weighted by atomic mass is 79.9. The number of rotatable bonds is 10. The lowest BCUT2D eigenvalue weighted by Crippen LogP contribution is -2.47. The Kier molecular flexibility index (Phi) is 8.86. The number of amides is 2. The Labute approximate surface area is 199 Å². The van der Waals surface area contributed by atoms with Gasteiger partial charge in [-0.05, 0) is 53.8 Å². The lowest BCUT2D eigenvalue weighted by Gasteiger charge is -2.29. The van der Waals surface area contributed by atoms with Gasteiger partial charge in [-0.25, -0.2) is 0 Å². The van der Waals surface area contributed by atoms with Crippen LogP contribution in [-0.2, 0) is 22.6 Å². The summed E-state index contributed by atoms with van der Waals surface area (Å²) in [5, 5.41) is 5.32. The van der Waals surface area contributed by atoms with Gasteiger partial charge in [0.2, 0.25) is 11.8 Å². The van der Waals surface area contributed by atoms with Crippen molar-refractivity contribution >= 4 is 38.5 Å². The van der Waals surface area contributed by atoms with Crippen LogP contribution in [0.3, 0.4) is 0 Å². The zero-order valence-corrected chi connectivity index (χ0v) is 20.4. The minimum Gasteiger partial charge on any atom is -0.354 e. The van der Waals surface area contributed by atoms with Crippen LogP contribution in [0.2, 0.25) is 0 Å². The van der Waals surface area contributed by atoms with E-state index in [9.17, 15) is 9.59 Å². The Morgan fingerprint density at radius 2 is 1.72 bits per heavy atom. The van der Waals surface area contributed by atoms with Crippen LogP contribution in [0, 0.1) is 0 Å². The van der Waals surface area contributed by atoms with Crippen molar-refractivity contribution in [3.05, 3.63) is 82.3 Å². The average molecular weight is 495 g/mol. The first-order valence-corrected chi connectivity index (χ1v) is 12.1. The van der Waals surface area contributed by atoms with Crippen molar-refractivity contribution in [1.82, 2.24) is 10.2 Å². The summed E-state index contributed by atoms with van der Waals surface area (Å²) >= 11 is 3.45. The zero-order chi connectivity index (χ0) is 22.9. The van der Waals surface area contributed by atoms with E-state index >= 15 is 0 Å². The monoisotopic (exact) mass is 494 g/mol. The standard InChI is InChI=1S/C27H31BrN2O2/c1-3-4-18-29-27(32)20(2)30(19-21-12-15-24(28)16-13-21)26(31)17-14-23-10-7-9-22-8-5-6-11-25(22)23/h5-13,15-16,20H,3-4,14,17-19H2,1-2H3,(H,29,32). The minimum absolute atomic E-state index is 0.0148. The van der Waals surface area contributed by atoms with E-state index in [0.29, 0.717) is 25.9 Å². The number of hydrogen-bond acceptors (Lipinski definition) is 2. The normalized spacial score (nSPS) is 11.8. The van der Waals surface area contributed by atoms with Gasteiger partial charge in [-0.3, -0.25) is 9.59 Å². The molecule has 1 unspecified atom stereocenters. The van der Waals surface area contributed by atoms with E-state index in [-0.39, 0.29) is 11.8 Å². The molecule has 0 aromatic heterocycles. The van der Waals surface area contributed by atoms with Crippen LogP contribution in [-0.4, -0.2) is 29.3 Å². The molecule has 0 radical (unpaired) electrons. The highest BCUT2D eigenvalue weighted by molar-refractivity contribution is 9.10. The van der Waals surface area contributed by atoms with Crippen molar-refractivity contribution in [1.29, 1.82) is 0 Å². The molecule has 32 heavy (non-hydrogen) atoms. The Bertz CT molecular complexity index is 1040. The van der Waals surface area contributed by atoms with Crippen LogP contribution in [0.25, 0.3) is 10.8 Å². The lowest BCUT2D eigenvalue weighted by molar-refractivity contribution is -0.140. The van der Waals surface area contributed by atoms with Gasteiger partial charge >= 0.3 is 0 Å². The van der Waals surface area contributed by atoms with Gasteiger partial charge in [0.15, 0.2) is 0 Å². The first-order chi connectivity index (χ1) is 15.5. The predicted molar refractivity (Wildman–Crippen MR) is 134 cm³/mol. The second-order valence-electron chi connectivity index (χ2n) is 8.11. The van der Waals surface area contributed by atoms with Gasteiger partial charge < -0.3 is 10.2 Å². The summed E-state index contributed by atoms with van der Waals surface area (Å²) in [6.07, 6.45) is 2.94. The Morgan fingerprint density at radius 1 is 1.00 bits per heavy atom. The molecule has 1 N–H and O–H groups in total. The molecule has 3 aromatic rings. The predicted octanol–water partition coefficient (Wildman–Crippen LogP) is 5.87. The van der Waals surface area contributed by atoms with Crippen LogP contribution >= 0.6 is 15.9 Å². The summed E-state index contributed by atoms with van der Waals surface area (Å²) in [6.45, 7) is 4.95. The van der Waals surface area contributed by atoms with E-state index in [2.05, 4.69) is 52.4 Å². The van der Waals surface area contributed by atoms with Gasteiger partial charge in [0, 0.05) is 24.0 Å². The maximum Gasteiger partial charge on any atom is 0.242 e. The summed E-state index contributed by atoms with van der Waals surface area (Å²) in [4.78, 5) is 27.8. The van der Waals surface area contributed by atoms with Crippen LogP contribution in [0.15, 0.2) is 71.2 Å². The number of unbranched alkanes of at least 4 members (excludes halogenated alkanes) is 1. The third-order valence-electron chi connectivity index (χ3n) is 5.75. The number of benzene rings is 3. The zero-order valence-electron chi connectivity index (χ0n) is 18.8. The van der Waals surface area contributed by atoms with Gasteiger partial charge in [-0.2, -0.15) is 0 Å². The molecule has 3 aromatic carbocycles. The molecule has 1 atom stereocenters. The van der Waals surface area contributed by atoms with Crippen molar-refractivity contribution in [2.24, 2.45) is 0 Å². The number of fused-ring (bicyclic) bond motifs is 1. The molecule has 5 heteroatoms. The molecule has 0 heterocycles. The molecular formula is C27H31BrN2O2. The van der Waals surface area contributed by atoms with Crippen molar-refractivity contribution in [2.45, 2.75) is 52.1 Å². The quantitative estimate of drug-likeness (QED) is 0.358. The highest BCUT2D eigenvalue weighted by Crippen LogP contribution is 2.21. The number of nitrogens with one attached hydrogen (secondary N) is 1. The number of halogens is 1. The number of carbonyl (C=O) groups is 2. The molecule has 4 nitrogen and oxygen atoms in total. The minimum atomic E-state index is -0.532. The number of carbonyl (C=O) groups excluding carboxylic acids is 2. The van der Waals surface area contributed by atoms with E-state index < -0.39 is 6.04 Å². The van der Waals surface area contributed by atoms with Crippen LogP contribution in [0.1, 0.15) is 44.2 Å². The SMILES string of the molecule is CCCCNC(=O)C(C)N(Cc1ccc(Br)cc1)C(=O)CCc1cccc2ccccc12. The van der Waals surface area contributed by atoms with Crippen LogP contribution in [0.5, 0.6) is 0 Å². The topological polar surface area (TPSA) is 49.4 Å². The fraction of sp³-hybridized carbons (Fsp3) is 0.333. The van der Waals surface area contributed by atoms with Gasteiger partial charge in [0.1, 0.15) is 6.04 Å². The highest BCUT2D eigenvalue weighted by Gasteiger charge is 2.25. The van der Waals surface area contributed by atoms with Crippen molar-refractivity contribution in [2.75, 3.05) is 6.54 Å². The van der Waals surface area contributed by atoms with Crippen molar-refractivity contribution in [3.63, 3.8) is 0 Å². The molecule has 0 saturated carbocycles. The summed E-state index contributed by atoms with van der Waals surface area (Å²) in [5.41, 5.74) is 2.15. The van der Waals surface area contributed by atoms with E-state index in [0.717, 1.165) is 28.4 Å².